The van der Waals surface area contributed by atoms with Gasteiger partial charge in [-0.25, -0.2) is 9.18 Å². The molecule has 1 aliphatic rings. The quantitative estimate of drug-likeness (QED) is 0.572. The number of hydrogen-bond acceptors (Lipinski definition) is 2. The first-order valence-electron chi connectivity index (χ1n) is 10.0. The molecule has 1 heterocycles. The molecule has 0 aliphatic carbocycles. The summed E-state index contributed by atoms with van der Waals surface area (Å²) in [6, 6.07) is 6.14. The van der Waals surface area contributed by atoms with Gasteiger partial charge in [-0.2, -0.15) is 26.3 Å². The van der Waals surface area contributed by atoms with E-state index < -0.39 is 65.2 Å². The van der Waals surface area contributed by atoms with Crippen molar-refractivity contribution >= 4 is 12.0 Å². The number of hydrogen-bond donors (Lipinski definition) is 2. The molecule has 0 spiro atoms. The van der Waals surface area contributed by atoms with Crippen molar-refractivity contribution in [2.24, 2.45) is 5.92 Å². The Hall–Kier alpha value is -3.31. The smallest absolute Gasteiger partial charge is 0.416 e. The molecular weight excluding hydrogens is 473 g/mol. The van der Waals surface area contributed by atoms with E-state index in [0.717, 1.165) is 17.0 Å². The van der Waals surface area contributed by atoms with Crippen LogP contribution < -0.4 is 5.32 Å². The topological polar surface area (TPSA) is 69.6 Å². The van der Waals surface area contributed by atoms with Gasteiger partial charge < -0.3 is 15.3 Å². The number of piperidine rings is 1. The molecule has 2 N–H and O–H groups in total. The van der Waals surface area contributed by atoms with Crippen LogP contribution in [0.15, 0.2) is 42.5 Å². The summed E-state index contributed by atoms with van der Waals surface area (Å²) in [6.07, 6.45) is -11.2. The number of carboxylic acid groups (broad SMARTS) is 1. The largest absolute Gasteiger partial charge is 0.465 e. The lowest BCUT2D eigenvalue weighted by Crippen LogP contribution is -2.47. The van der Waals surface area contributed by atoms with E-state index in [1.54, 1.807) is 0 Å². The van der Waals surface area contributed by atoms with Gasteiger partial charge in [-0.05, 0) is 47.9 Å². The van der Waals surface area contributed by atoms with Crippen LogP contribution >= 0.6 is 0 Å². The summed E-state index contributed by atoms with van der Waals surface area (Å²) >= 11 is 0. The standard InChI is InChI=1S/C22H19F7N2O3/c23-16-3-1-13(2-4-16)18-11-31(20(33)34)6-5-17(18)19(32)30-10-12-7-14(21(24,25)26)9-15(8-12)22(27,28)29/h1-4,7-9,17-18H,5-6,10-11H2,(H,30,32)(H,33,34)/t17-,18+/m1/s1. The van der Waals surface area contributed by atoms with Crippen molar-refractivity contribution in [3.8, 4) is 0 Å². The van der Waals surface area contributed by atoms with Gasteiger partial charge >= 0.3 is 18.4 Å². The molecule has 2 amide bonds. The minimum atomic E-state index is -5.02. The molecule has 184 valence electrons. The van der Waals surface area contributed by atoms with Crippen LogP contribution in [0, 0.1) is 11.7 Å². The van der Waals surface area contributed by atoms with Crippen LogP contribution in [0.2, 0.25) is 0 Å². The molecule has 1 aliphatic heterocycles. The normalized spacial score (nSPS) is 19.1. The number of nitrogens with one attached hydrogen (secondary N) is 1. The summed E-state index contributed by atoms with van der Waals surface area (Å²) in [4.78, 5) is 25.3. The maximum Gasteiger partial charge on any atom is 0.416 e. The molecule has 0 bridgehead atoms. The van der Waals surface area contributed by atoms with E-state index in [2.05, 4.69) is 5.32 Å². The van der Waals surface area contributed by atoms with Gasteiger partial charge in [0.15, 0.2) is 0 Å². The third kappa shape index (κ3) is 5.97. The number of alkyl halides is 6. The molecule has 12 heteroatoms. The third-order valence-corrected chi connectivity index (χ3v) is 5.63. The number of amides is 2. The van der Waals surface area contributed by atoms with Crippen LogP contribution in [0.5, 0.6) is 0 Å². The fraction of sp³-hybridized carbons (Fsp3) is 0.364. The highest BCUT2D eigenvalue weighted by Gasteiger charge is 2.38. The summed E-state index contributed by atoms with van der Waals surface area (Å²) in [5.74, 6) is -2.71. The highest BCUT2D eigenvalue weighted by Crippen LogP contribution is 2.37. The number of benzene rings is 2. The molecule has 0 aromatic heterocycles. The van der Waals surface area contributed by atoms with Gasteiger partial charge in [-0.15, -0.1) is 0 Å². The molecule has 0 unspecified atom stereocenters. The number of rotatable bonds is 4. The van der Waals surface area contributed by atoms with Crippen LogP contribution in [0.1, 0.15) is 34.6 Å². The molecular formula is C22H19F7N2O3. The SMILES string of the molecule is O=C(NCc1cc(C(F)(F)F)cc(C(F)(F)F)c1)[C@@H]1CCN(C(=O)O)C[C@H]1c1ccc(F)cc1. The highest BCUT2D eigenvalue weighted by molar-refractivity contribution is 5.80. The van der Waals surface area contributed by atoms with E-state index >= 15 is 0 Å². The summed E-state index contributed by atoms with van der Waals surface area (Å²) in [7, 11) is 0. The van der Waals surface area contributed by atoms with E-state index in [-0.39, 0.29) is 25.6 Å². The Balaban J connectivity index is 1.82. The molecule has 0 saturated carbocycles. The average Bonchev–Trinajstić information content (AvgIpc) is 2.76. The number of carbonyl (C=O) groups excluding carboxylic acids is 1. The lowest BCUT2D eigenvalue weighted by molar-refractivity contribution is -0.143. The predicted octanol–water partition coefficient (Wildman–Crippen LogP) is 5.26. The van der Waals surface area contributed by atoms with E-state index in [4.69, 9.17) is 0 Å². The molecule has 5 nitrogen and oxygen atoms in total. The minimum absolute atomic E-state index is 0.00247. The lowest BCUT2D eigenvalue weighted by Gasteiger charge is -2.36. The van der Waals surface area contributed by atoms with Gasteiger partial charge in [-0.3, -0.25) is 4.79 Å². The Bertz CT molecular complexity index is 1020. The maximum atomic E-state index is 13.3. The first-order chi connectivity index (χ1) is 15.8. The Kier molecular flexibility index (Phi) is 7.08. The van der Waals surface area contributed by atoms with Crippen LogP contribution in [0.3, 0.4) is 0 Å². The molecule has 2 atom stereocenters. The zero-order valence-corrected chi connectivity index (χ0v) is 17.4. The predicted molar refractivity (Wildman–Crippen MR) is 105 cm³/mol. The van der Waals surface area contributed by atoms with Crippen molar-refractivity contribution in [3.05, 3.63) is 70.5 Å². The second-order valence-corrected chi connectivity index (χ2v) is 7.91. The van der Waals surface area contributed by atoms with Crippen molar-refractivity contribution in [2.75, 3.05) is 13.1 Å². The zero-order valence-electron chi connectivity index (χ0n) is 17.4. The second-order valence-electron chi connectivity index (χ2n) is 7.91. The molecule has 0 radical (unpaired) electrons. The molecule has 3 rings (SSSR count). The fourth-order valence-electron chi connectivity index (χ4n) is 3.93. The van der Waals surface area contributed by atoms with Crippen molar-refractivity contribution in [3.63, 3.8) is 0 Å². The number of nitrogens with zero attached hydrogens (tertiary/aromatic N) is 1. The van der Waals surface area contributed by atoms with Gasteiger partial charge in [0.05, 0.1) is 11.1 Å². The zero-order chi connectivity index (χ0) is 25.3. The van der Waals surface area contributed by atoms with Crippen LogP contribution in [0.4, 0.5) is 35.5 Å². The Morgan fingerprint density at radius 3 is 2.03 bits per heavy atom. The maximum absolute atomic E-state index is 13.3. The van der Waals surface area contributed by atoms with Gasteiger partial charge in [0.2, 0.25) is 5.91 Å². The van der Waals surface area contributed by atoms with Crippen molar-refractivity contribution in [1.82, 2.24) is 10.2 Å². The first-order valence-corrected chi connectivity index (χ1v) is 10.0. The van der Waals surface area contributed by atoms with Crippen molar-refractivity contribution < 1.29 is 45.4 Å². The van der Waals surface area contributed by atoms with Crippen molar-refractivity contribution in [1.29, 1.82) is 0 Å². The minimum Gasteiger partial charge on any atom is -0.465 e. The van der Waals surface area contributed by atoms with Crippen LogP contribution in [0.25, 0.3) is 0 Å². The Morgan fingerprint density at radius 1 is 0.971 bits per heavy atom. The summed E-state index contributed by atoms with van der Waals surface area (Å²) in [5.41, 5.74) is -2.90. The number of likely N-dealkylation sites (tertiary alicyclic amines) is 1. The second kappa shape index (κ2) is 9.51. The van der Waals surface area contributed by atoms with E-state index in [9.17, 15) is 45.4 Å². The lowest BCUT2D eigenvalue weighted by atomic mass is 9.80. The highest BCUT2D eigenvalue weighted by atomic mass is 19.4. The van der Waals surface area contributed by atoms with E-state index in [1.165, 1.54) is 12.1 Å². The van der Waals surface area contributed by atoms with E-state index in [0.29, 0.717) is 17.7 Å². The monoisotopic (exact) mass is 492 g/mol. The third-order valence-electron chi connectivity index (χ3n) is 5.63. The average molecular weight is 492 g/mol. The molecule has 1 fully saturated rings. The van der Waals surface area contributed by atoms with Gasteiger partial charge in [0.25, 0.3) is 0 Å². The number of carbonyl (C=O) groups is 2. The van der Waals surface area contributed by atoms with Crippen LogP contribution in [-0.2, 0) is 23.7 Å². The van der Waals surface area contributed by atoms with Crippen molar-refractivity contribution in [2.45, 2.75) is 31.2 Å². The molecule has 1 saturated heterocycles. The van der Waals surface area contributed by atoms with Crippen LogP contribution in [-0.4, -0.2) is 35.1 Å². The Morgan fingerprint density at radius 2 is 1.53 bits per heavy atom. The molecule has 34 heavy (non-hydrogen) atoms. The molecule has 2 aromatic rings. The van der Waals surface area contributed by atoms with Gasteiger partial charge in [-0.1, -0.05) is 12.1 Å². The first kappa shape index (κ1) is 25.3. The number of halogens is 7. The van der Waals surface area contributed by atoms with E-state index in [1.807, 2.05) is 0 Å². The summed E-state index contributed by atoms with van der Waals surface area (Å²) in [5, 5.41) is 11.7. The van der Waals surface area contributed by atoms with Gasteiger partial charge in [0, 0.05) is 31.5 Å². The summed E-state index contributed by atoms with van der Waals surface area (Å²) < 4.78 is 91.7. The Labute approximate surface area is 189 Å². The fourth-order valence-corrected chi connectivity index (χ4v) is 3.93. The summed E-state index contributed by atoms with van der Waals surface area (Å²) in [6.45, 7) is -0.672. The van der Waals surface area contributed by atoms with Gasteiger partial charge in [0.1, 0.15) is 5.82 Å². The molecule has 2 aromatic carbocycles.